The molecule has 0 fully saturated rings. The first kappa shape index (κ1) is 19.4. The van der Waals surface area contributed by atoms with Crippen LogP contribution in [0.15, 0.2) is 48.8 Å². The molecular weight excluding hydrogens is 380 g/mol. The van der Waals surface area contributed by atoms with Crippen LogP contribution in [0.3, 0.4) is 0 Å². The van der Waals surface area contributed by atoms with Gasteiger partial charge < -0.3 is 20.1 Å². The van der Waals surface area contributed by atoms with Gasteiger partial charge in [-0.05, 0) is 30.7 Å². The molecule has 0 saturated heterocycles. The minimum Gasteiger partial charge on any atom is -0.495 e. The van der Waals surface area contributed by atoms with Crippen molar-refractivity contribution in [3.63, 3.8) is 0 Å². The Morgan fingerprint density at radius 3 is 2.36 bits per heavy atom. The van der Waals surface area contributed by atoms with Crippen LogP contribution in [-0.4, -0.2) is 30.2 Å². The molecule has 3 aromatic rings. The standard InChI is InChI=1S/C20H19ClN4O3/c1-12-8-16(17(27-2)9-14(12)21)25-19-10-18(22-11-23-19)24-15-7-5-4-6-13(15)20(26)28-3/h4-11H,1-3H3,(H2,22,23,24,25). The number of anilines is 4. The predicted octanol–water partition coefficient (Wildman–Crippen LogP) is 4.72. The van der Waals surface area contributed by atoms with Crippen LogP contribution < -0.4 is 15.4 Å². The number of hydrogen-bond donors (Lipinski definition) is 2. The van der Waals surface area contributed by atoms with Crippen LogP contribution in [0.2, 0.25) is 5.02 Å². The van der Waals surface area contributed by atoms with E-state index >= 15 is 0 Å². The number of para-hydroxylation sites is 1. The summed E-state index contributed by atoms with van der Waals surface area (Å²) in [6, 6.07) is 12.4. The Hall–Kier alpha value is -3.32. The summed E-state index contributed by atoms with van der Waals surface area (Å²) < 4.78 is 10.2. The Bertz CT molecular complexity index is 1010. The summed E-state index contributed by atoms with van der Waals surface area (Å²) >= 11 is 6.15. The molecule has 1 aromatic heterocycles. The average Bonchev–Trinajstić information content (AvgIpc) is 2.70. The zero-order valence-electron chi connectivity index (χ0n) is 15.6. The fourth-order valence-corrected chi connectivity index (χ4v) is 2.73. The van der Waals surface area contributed by atoms with Crippen molar-refractivity contribution in [1.82, 2.24) is 9.97 Å². The highest BCUT2D eigenvalue weighted by Crippen LogP contribution is 2.33. The molecule has 0 bridgehead atoms. The van der Waals surface area contributed by atoms with E-state index in [-0.39, 0.29) is 0 Å². The highest BCUT2D eigenvalue weighted by atomic mass is 35.5. The molecule has 0 atom stereocenters. The Morgan fingerprint density at radius 2 is 1.68 bits per heavy atom. The van der Waals surface area contributed by atoms with Crippen molar-refractivity contribution in [2.45, 2.75) is 6.92 Å². The van der Waals surface area contributed by atoms with Crippen molar-refractivity contribution in [3.05, 3.63) is 64.9 Å². The molecule has 0 aliphatic carbocycles. The second-order valence-electron chi connectivity index (χ2n) is 5.88. The lowest BCUT2D eigenvalue weighted by Gasteiger charge is -2.14. The third-order valence-electron chi connectivity index (χ3n) is 4.01. The van der Waals surface area contributed by atoms with Gasteiger partial charge in [0, 0.05) is 17.2 Å². The maximum Gasteiger partial charge on any atom is 0.339 e. The van der Waals surface area contributed by atoms with Crippen LogP contribution in [0.4, 0.5) is 23.0 Å². The second-order valence-corrected chi connectivity index (χ2v) is 6.28. The van der Waals surface area contributed by atoms with Gasteiger partial charge in [-0.3, -0.25) is 0 Å². The van der Waals surface area contributed by atoms with Crippen LogP contribution in [0.5, 0.6) is 5.75 Å². The Kier molecular flexibility index (Phi) is 5.96. The molecule has 0 saturated carbocycles. The van der Waals surface area contributed by atoms with E-state index in [2.05, 4.69) is 20.6 Å². The predicted molar refractivity (Wildman–Crippen MR) is 109 cm³/mol. The number of aromatic nitrogens is 2. The average molecular weight is 399 g/mol. The molecule has 2 aromatic carbocycles. The first-order chi connectivity index (χ1) is 13.5. The van der Waals surface area contributed by atoms with Crippen LogP contribution >= 0.6 is 11.6 Å². The van der Waals surface area contributed by atoms with Crippen molar-refractivity contribution >= 4 is 40.6 Å². The summed E-state index contributed by atoms with van der Waals surface area (Å²) in [7, 11) is 2.91. The van der Waals surface area contributed by atoms with Crippen LogP contribution in [0.25, 0.3) is 0 Å². The van der Waals surface area contributed by atoms with Crippen molar-refractivity contribution in [2.75, 3.05) is 24.9 Å². The van der Waals surface area contributed by atoms with E-state index in [0.717, 1.165) is 11.3 Å². The molecule has 7 nitrogen and oxygen atoms in total. The first-order valence-electron chi connectivity index (χ1n) is 8.39. The first-order valence-corrected chi connectivity index (χ1v) is 8.77. The van der Waals surface area contributed by atoms with Gasteiger partial charge in [-0.15, -0.1) is 0 Å². The molecule has 0 aliphatic rings. The molecule has 0 radical (unpaired) electrons. The minimum atomic E-state index is -0.433. The summed E-state index contributed by atoms with van der Waals surface area (Å²) in [6.45, 7) is 1.91. The molecule has 2 N–H and O–H groups in total. The molecule has 8 heteroatoms. The van der Waals surface area contributed by atoms with Gasteiger partial charge >= 0.3 is 5.97 Å². The SMILES string of the molecule is COC(=O)c1ccccc1Nc1cc(Nc2cc(C)c(Cl)cc2OC)ncn1. The number of carbonyl (C=O) groups excluding carboxylic acids is 1. The van der Waals surface area contributed by atoms with E-state index in [9.17, 15) is 4.79 Å². The Labute approximate surface area is 167 Å². The number of aryl methyl sites for hydroxylation is 1. The van der Waals surface area contributed by atoms with Crippen molar-refractivity contribution in [1.29, 1.82) is 0 Å². The molecule has 0 unspecified atom stereocenters. The fraction of sp³-hybridized carbons (Fsp3) is 0.150. The van der Waals surface area contributed by atoms with Crippen molar-refractivity contribution < 1.29 is 14.3 Å². The number of ether oxygens (including phenoxy) is 2. The monoisotopic (exact) mass is 398 g/mol. The van der Waals surface area contributed by atoms with Gasteiger partial charge in [-0.1, -0.05) is 23.7 Å². The molecule has 0 spiro atoms. The lowest BCUT2D eigenvalue weighted by atomic mass is 10.2. The van der Waals surface area contributed by atoms with Gasteiger partial charge in [0.1, 0.15) is 23.7 Å². The molecule has 0 amide bonds. The summed E-state index contributed by atoms with van der Waals surface area (Å²) in [5.41, 5.74) is 2.63. The quantitative estimate of drug-likeness (QED) is 0.581. The van der Waals surface area contributed by atoms with Crippen LogP contribution in [0, 0.1) is 6.92 Å². The molecule has 1 heterocycles. The number of carbonyl (C=O) groups is 1. The van der Waals surface area contributed by atoms with Gasteiger partial charge in [0.05, 0.1) is 31.2 Å². The highest BCUT2D eigenvalue weighted by molar-refractivity contribution is 6.31. The molecular formula is C20H19ClN4O3. The normalized spacial score (nSPS) is 10.3. The lowest BCUT2D eigenvalue weighted by Crippen LogP contribution is -2.06. The van der Waals surface area contributed by atoms with E-state index in [1.165, 1.54) is 13.4 Å². The maximum absolute atomic E-state index is 11.9. The number of hydrogen-bond acceptors (Lipinski definition) is 7. The summed E-state index contributed by atoms with van der Waals surface area (Å²) in [5, 5.41) is 6.94. The van der Waals surface area contributed by atoms with Crippen molar-refractivity contribution in [3.8, 4) is 5.75 Å². The van der Waals surface area contributed by atoms with Gasteiger partial charge in [-0.25, -0.2) is 14.8 Å². The van der Waals surface area contributed by atoms with Crippen LogP contribution in [0.1, 0.15) is 15.9 Å². The molecule has 144 valence electrons. The third-order valence-corrected chi connectivity index (χ3v) is 4.41. The van der Waals surface area contributed by atoms with Gasteiger partial charge in [-0.2, -0.15) is 0 Å². The number of rotatable bonds is 6. The van der Waals surface area contributed by atoms with E-state index in [1.807, 2.05) is 19.1 Å². The second kappa shape index (κ2) is 8.58. The number of nitrogens with one attached hydrogen (secondary N) is 2. The largest absolute Gasteiger partial charge is 0.495 e. The number of methoxy groups -OCH3 is 2. The zero-order chi connectivity index (χ0) is 20.1. The topological polar surface area (TPSA) is 85.4 Å². The zero-order valence-corrected chi connectivity index (χ0v) is 16.4. The molecule has 28 heavy (non-hydrogen) atoms. The van der Waals surface area contributed by atoms with Crippen molar-refractivity contribution in [2.24, 2.45) is 0 Å². The van der Waals surface area contributed by atoms with E-state index < -0.39 is 5.97 Å². The minimum absolute atomic E-state index is 0.410. The van der Waals surface area contributed by atoms with Gasteiger partial charge in [0.15, 0.2) is 0 Å². The smallest absolute Gasteiger partial charge is 0.339 e. The van der Waals surface area contributed by atoms with E-state index in [0.29, 0.717) is 33.7 Å². The number of benzene rings is 2. The van der Waals surface area contributed by atoms with Crippen LogP contribution in [-0.2, 0) is 4.74 Å². The van der Waals surface area contributed by atoms with Gasteiger partial charge in [0.25, 0.3) is 0 Å². The highest BCUT2D eigenvalue weighted by Gasteiger charge is 2.12. The third kappa shape index (κ3) is 4.32. The fourth-order valence-electron chi connectivity index (χ4n) is 2.58. The van der Waals surface area contributed by atoms with Gasteiger partial charge in [0.2, 0.25) is 0 Å². The molecule has 0 aliphatic heterocycles. The number of esters is 1. The summed E-state index contributed by atoms with van der Waals surface area (Å²) in [4.78, 5) is 20.4. The maximum atomic E-state index is 11.9. The number of halogens is 1. The Morgan fingerprint density at radius 1 is 1.00 bits per heavy atom. The molecule has 3 rings (SSSR count). The lowest BCUT2D eigenvalue weighted by molar-refractivity contribution is 0.0602. The van der Waals surface area contributed by atoms with E-state index in [4.69, 9.17) is 21.1 Å². The number of nitrogens with zero attached hydrogens (tertiary/aromatic N) is 2. The Balaban J connectivity index is 1.87. The van der Waals surface area contributed by atoms with E-state index in [1.54, 1.807) is 37.4 Å². The summed E-state index contributed by atoms with van der Waals surface area (Å²) in [5.74, 6) is 1.23. The summed E-state index contributed by atoms with van der Waals surface area (Å²) in [6.07, 6.45) is 1.42.